The molecule has 2 atom stereocenters. The van der Waals surface area contributed by atoms with Crippen LogP contribution in [-0.2, 0) is 4.79 Å². The Morgan fingerprint density at radius 2 is 2.16 bits per heavy atom. The van der Waals surface area contributed by atoms with Crippen LogP contribution in [0.3, 0.4) is 0 Å². The van der Waals surface area contributed by atoms with Crippen LogP contribution in [0, 0.1) is 5.92 Å². The number of hydrogen-bond donors (Lipinski definition) is 2. The third-order valence-corrected chi connectivity index (χ3v) is 3.83. The summed E-state index contributed by atoms with van der Waals surface area (Å²) in [7, 11) is 0. The van der Waals surface area contributed by atoms with Gasteiger partial charge in [-0.05, 0) is 19.9 Å². The van der Waals surface area contributed by atoms with E-state index in [0.29, 0.717) is 19.0 Å². The zero-order chi connectivity index (χ0) is 14.4. The van der Waals surface area contributed by atoms with Crippen LogP contribution in [0.5, 0.6) is 0 Å². The molecule has 110 valence electrons. The van der Waals surface area contributed by atoms with Gasteiger partial charge in [-0.3, -0.25) is 9.69 Å². The standard InChI is InChI=1S/C13H26N4O2/c1-4-6-11(12(14)15-19)13(18)17-8-7-16(5-2)10(3)9-17/h10-11,19H,4-9H2,1-3H3,(H2,14,15). The number of amidine groups is 1. The first-order valence-corrected chi connectivity index (χ1v) is 7.05. The SMILES string of the molecule is CCCC(C(=O)N1CCN(CC)C(C)C1)C(N)=NO. The lowest BCUT2D eigenvalue weighted by Gasteiger charge is -2.40. The molecule has 1 fully saturated rings. The van der Waals surface area contributed by atoms with Gasteiger partial charge in [-0.1, -0.05) is 25.4 Å². The van der Waals surface area contributed by atoms with Gasteiger partial charge in [0.1, 0.15) is 0 Å². The van der Waals surface area contributed by atoms with Crippen LogP contribution >= 0.6 is 0 Å². The Bertz CT molecular complexity index is 333. The summed E-state index contributed by atoms with van der Waals surface area (Å²) in [6, 6.07) is 0.359. The first-order valence-electron chi connectivity index (χ1n) is 7.05. The maximum atomic E-state index is 12.5. The van der Waals surface area contributed by atoms with Crippen molar-refractivity contribution in [2.45, 2.75) is 39.7 Å². The number of nitrogens with two attached hydrogens (primary N) is 1. The van der Waals surface area contributed by atoms with Crippen LogP contribution in [-0.4, -0.2) is 59.0 Å². The monoisotopic (exact) mass is 270 g/mol. The van der Waals surface area contributed by atoms with Gasteiger partial charge in [0, 0.05) is 25.7 Å². The topological polar surface area (TPSA) is 82.2 Å². The van der Waals surface area contributed by atoms with Gasteiger partial charge >= 0.3 is 0 Å². The molecule has 3 N–H and O–H groups in total. The number of likely N-dealkylation sites (N-methyl/N-ethyl adjacent to an activating group) is 1. The molecule has 1 aliphatic rings. The fourth-order valence-corrected chi connectivity index (χ4v) is 2.64. The molecule has 1 saturated heterocycles. The molecule has 0 aromatic carbocycles. The Labute approximate surface area is 115 Å². The van der Waals surface area contributed by atoms with Crippen molar-refractivity contribution in [2.24, 2.45) is 16.8 Å². The minimum absolute atomic E-state index is 0.0141. The van der Waals surface area contributed by atoms with E-state index in [4.69, 9.17) is 10.9 Å². The number of hydrogen-bond acceptors (Lipinski definition) is 4. The zero-order valence-corrected chi connectivity index (χ0v) is 12.2. The lowest BCUT2D eigenvalue weighted by molar-refractivity contribution is -0.136. The number of nitrogens with zero attached hydrogens (tertiary/aromatic N) is 3. The zero-order valence-electron chi connectivity index (χ0n) is 12.2. The van der Waals surface area contributed by atoms with E-state index in [1.54, 1.807) is 0 Å². The average molecular weight is 270 g/mol. The second-order valence-electron chi connectivity index (χ2n) is 5.13. The van der Waals surface area contributed by atoms with E-state index in [0.717, 1.165) is 26.1 Å². The lowest BCUT2D eigenvalue weighted by Crippen LogP contribution is -2.55. The molecule has 0 aromatic rings. The normalized spacial score (nSPS) is 23.4. The predicted octanol–water partition coefficient (Wildman–Crippen LogP) is 0.702. The number of rotatable bonds is 5. The third-order valence-electron chi connectivity index (χ3n) is 3.83. The molecule has 2 unspecified atom stereocenters. The Hall–Kier alpha value is -1.30. The number of carbonyl (C=O) groups excluding carboxylic acids is 1. The van der Waals surface area contributed by atoms with E-state index in [-0.39, 0.29) is 11.7 Å². The maximum Gasteiger partial charge on any atom is 0.233 e. The van der Waals surface area contributed by atoms with E-state index < -0.39 is 5.92 Å². The molecule has 1 amide bonds. The van der Waals surface area contributed by atoms with Gasteiger partial charge in [-0.25, -0.2) is 0 Å². The van der Waals surface area contributed by atoms with Crippen LogP contribution in [0.4, 0.5) is 0 Å². The fourth-order valence-electron chi connectivity index (χ4n) is 2.64. The first-order chi connectivity index (χ1) is 9.04. The van der Waals surface area contributed by atoms with Crippen molar-refractivity contribution >= 4 is 11.7 Å². The highest BCUT2D eigenvalue weighted by atomic mass is 16.4. The minimum Gasteiger partial charge on any atom is -0.409 e. The van der Waals surface area contributed by atoms with Crippen LogP contribution in [0.2, 0.25) is 0 Å². The van der Waals surface area contributed by atoms with Gasteiger partial charge in [0.25, 0.3) is 0 Å². The molecule has 0 aliphatic carbocycles. The lowest BCUT2D eigenvalue weighted by atomic mass is 9.99. The van der Waals surface area contributed by atoms with Gasteiger partial charge in [0.15, 0.2) is 5.84 Å². The van der Waals surface area contributed by atoms with Crippen molar-refractivity contribution < 1.29 is 10.0 Å². The molecular formula is C13H26N4O2. The van der Waals surface area contributed by atoms with Gasteiger partial charge in [0.05, 0.1) is 5.92 Å². The van der Waals surface area contributed by atoms with Gasteiger partial charge in [0.2, 0.25) is 5.91 Å². The molecule has 0 aromatic heterocycles. The molecule has 6 nitrogen and oxygen atoms in total. The molecule has 1 rings (SSSR count). The molecule has 0 bridgehead atoms. The van der Waals surface area contributed by atoms with Crippen LogP contribution in [0.25, 0.3) is 0 Å². The Morgan fingerprint density at radius 1 is 1.47 bits per heavy atom. The fraction of sp³-hybridized carbons (Fsp3) is 0.846. The Kier molecular flexibility index (Phi) is 6.08. The van der Waals surface area contributed by atoms with Crippen LogP contribution in [0.1, 0.15) is 33.6 Å². The van der Waals surface area contributed by atoms with E-state index in [1.807, 2.05) is 11.8 Å². The molecule has 19 heavy (non-hydrogen) atoms. The van der Waals surface area contributed by atoms with Crippen molar-refractivity contribution in [1.82, 2.24) is 9.80 Å². The van der Waals surface area contributed by atoms with E-state index >= 15 is 0 Å². The minimum atomic E-state index is -0.490. The largest absolute Gasteiger partial charge is 0.409 e. The summed E-state index contributed by atoms with van der Waals surface area (Å²) < 4.78 is 0. The van der Waals surface area contributed by atoms with Crippen LogP contribution < -0.4 is 5.73 Å². The average Bonchev–Trinajstić information content (AvgIpc) is 2.43. The number of oxime groups is 1. The van der Waals surface area contributed by atoms with Gasteiger partial charge in [-0.15, -0.1) is 0 Å². The summed E-state index contributed by atoms with van der Waals surface area (Å²) in [5, 5.41) is 11.8. The number of piperazine rings is 1. The van der Waals surface area contributed by atoms with Crippen LogP contribution in [0.15, 0.2) is 5.16 Å². The Balaban J connectivity index is 2.70. The summed E-state index contributed by atoms with van der Waals surface area (Å²) in [4.78, 5) is 16.7. The van der Waals surface area contributed by atoms with Crippen molar-refractivity contribution in [3.8, 4) is 0 Å². The predicted molar refractivity (Wildman–Crippen MR) is 75.1 cm³/mol. The summed E-state index contributed by atoms with van der Waals surface area (Å²) in [6.45, 7) is 9.57. The molecule has 0 spiro atoms. The van der Waals surface area contributed by atoms with Gasteiger partial charge in [-0.2, -0.15) is 0 Å². The number of carbonyl (C=O) groups is 1. The van der Waals surface area contributed by atoms with Crippen molar-refractivity contribution in [2.75, 3.05) is 26.2 Å². The summed E-state index contributed by atoms with van der Waals surface area (Å²) in [5.41, 5.74) is 5.64. The highest BCUT2D eigenvalue weighted by molar-refractivity contribution is 6.02. The van der Waals surface area contributed by atoms with E-state index in [1.165, 1.54) is 0 Å². The molecule has 0 saturated carbocycles. The molecule has 1 aliphatic heterocycles. The first kappa shape index (κ1) is 15.8. The van der Waals surface area contributed by atoms with Crippen molar-refractivity contribution in [1.29, 1.82) is 0 Å². The molecule has 6 heteroatoms. The third kappa shape index (κ3) is 3.83. The molecule has 1 heterocycles. The summed E-state index contributed by atoms with van der Waals surface area (Å²) in [6.07, 6.45) is 1.45. The summed E-state index contributed by atoms with van der Waals surface area (Å²) in [5.74, 6) is -0.479. The van der Waals surface area contributed by atoms with Gasteiger partial charge < -0.3 is 15.8 Å². The Morgan fingerprint density at radius 3 is 2.63 bits per heavy atom. The maximum absolute atomic E-state index is 12.5. The highest BCUT2D eigenvalue weighted by Gasteiger charge is 2.31. The summed E-state index contributed by atoms with van der Waals surface area (Å²) >= 11 is 0. The van der Waals surface area contributed by atoms with Crippen molar-refractivity contribution in [3.63, 3.8) is 0 Å². The van der Waals surface area contributed by atoms with E-state index in [9.17, 15) is 4.79 Å². The second kappa shape index (κ2) is 7.33. The quantitative estimate of drug-likeness (QED) is 0.333. The highest BCUT2D eigenvalue weighted by Crippen LogP contribution is 2.16. The molecule has 0 radical (unpaired) electrons. The molecular weight excluding hydrogens is 244 g/mol. The second-order valence-corrected chi connectivity index (χ2v) is 5.13. The van der Waals surface area contributed by atoms with E-state index in [2.05, 4.69) is 23.9 Å². The smallest absolute Gasteiger partial charge is 0.233 e. The number of amides is 1. The van der Waals surface area contributed by atoms with Crippen molar-refractivity contribution in [3.05, 3.63) is 0 Å².